The molecule has 0 radical (unpaired) electrons. The third-order valence-corrected chi connectivity index (χ3v) is 3.20. The largest absolute Gasteiger partial charge is 0.450 e. The minimum atomic E-state index is -0.728. The average Bonchev–Trinajstić information content (AvgIpc) is 2.41. The van der Waals surface area contributed by atoms with Gasteiger partial charge in [-0.3, -0.25) is 14.9 Å². The first-order valence-corrected chi connectivity index (χ1v) is 6.57. The van der Waals surface area contributed by atoms with Crippen molar-refractivity contribution in [1.29, 1.82) is 0 Å². The molecule has 2 N–H and O–H groups in total. The Balaban J connectivity index is 2.38. The molecule has 0 aromatic heterocycles. The predicted octanol–water partition coefficient (Wildman–Crippen LogP) is 3.09. The van der Waals surface area contributed by atoms with E-state index in [4.69, 9.17) is 10.5 Å². The second-order valence-corrected chi connectivity index (χ2v) is 5.11. The molecule has 0 saturated heterocycles. The van der Waals surface area contributed by atoms with E-state index < -0.39 is 10.8 Å². The van der Waals surface area contributed by atoms with Crippen LogP contribution >= 0.6 is 22.6 Å². The molecule has 2 aromatic carbocycles. The quantitative estimate of drug-likeness (QED) is 0.498. The van der Waals surface area contributed by atoms with Crippen molar-refractivity contribution in [3.05, 3.63) is 61.7 Å². The van der Waals surface area contributed by atoms with Crippen LogP contribution in [-0.4, -0.2) is 10.8 Å². The van der Waals surface area contributed by atoms with Gasteiger partial charge in [-0.15, -0.1) is 0 Å². The third kappa shape index (κ3) is 3.23. The van der Waals surface area contributed by atoms with Gasteiger partial charge in [0.1, 0.15) is 5.75 Å². The van der Waals surface area contributed by atoms with E-state index in [1.807, 2.05) is 12.1 Å². The van der Waals surface area contributed by atoms with E-state index >= 15 is 0 Å². The Kier molecular flexibility index (Phi) is 4.18. The summed E-state index contributed by atoms with van der Waals surface area (Å²) in [7, 11) is 0. The summed E-state index contributed by atoms with van der Waals surface area (Å²) >= 11 is 2.14. The van der Waals surface area contributed by atoms with Crippen LogP contribution in [0.5, 0.6) is 11.5 Å². The number of ether oxygens (including phenoxy) is 1. The second-order valence-electron chi connectivity index (χ2n) is 3.86. The molecule has 0 aliphatic rings. The molecule has 2 rings (SSSR count). The third-order valence-electron chi connectivity index (χ3n) is 2.48. The summed E-state index contributed by atoms with van der Waals surface area (Å²) < 4.78 is 6.49. The second kappa shape index (κ2) is 5.87. The number of amides is 1. The summed E-state index contributed by atoms with van der Waals surface area (Å²) in [4.78, 5) is 21.4. The highest BCUT2D eigenvalue weighted by Gasteiger charge is 2.18. The molecule has 102 valence electrons. The number of hydrogen-bond acceptors (Lipinski definition) is 4. The van der Waals surface area contributed by atoms with Gasteiger partial charge in [-0.05, 0) is 59.0 Å². The van der Waals surface area contributed by atoms with Crippen LogP contribution < -0.4 is 10.5 Å². The monoisotopic (exact) mass is 384 g/mol. The van der Waals surface area contributed by atoms with E-state index in [0.29, 0.717) is 5.75 Å². The lowest BCUT2D eigenvalue weighted by atomic mass is 10.2. The zero-order valence-corrected chi connectivity index (χ0v) is 12.2. The number of carbonyl (C=O) groups excluding carboxylic acids is 1. The van der Waals surface area contributed by atoms with Crippen LogP contribution in [0.1, 0.15) is 10.4 Å². The van der Waals surface area contributed by atoms with Crippen LogP contribution in [-0.2, 0) is 0 Å². The summed E-state index contributed by atoms with van der Waals surface area (Å²) in [5.74, 6) is -0.199. The number of halogens is 1. The normalized spacial score (nSPS) is 10.1. The maximum atomic E-state index is 11.0. The van der Waals surface area contributed by atoms with Gasteiger partial charge < -0.3 is 10.5 Å². The zero-order valence-electron chi connectivity index (χ0n) is 10.1. The Morgan fingerprint density at radius 1 is 1.20 bits per heavy atom. The van der Waals surface area contributed by atoms with Crippen molar-refractivity contribution in [1.82, 2.24) is 0 Å². The fraction of sp³-hybridized carbons (Fsp3) is 0. The van der Waals surface area contributed by atoms with Crippen LogP contribution in [0.15, 0.2) is 42.5 Å². The lowest BCUT2D eigenvalue weighted by Crippen LogP contribution is -2.11. The molecule has 2 aromatic rings. The number of carbonyl (C=O) groups is 1. The molecule has 0 fully saturated rings. The summed E-state index contributed by atoms with van der Waals surface area (Å²) in [6.45, 7) is 0. The molecule has 20 heavy (non-hydrogen) atoms. The van der Waals surface area contributed by atoms with Crippen LogP contribution in [0.4, 0.5) is 5.69 Å². The SMILES string of the molecule is NC(=O)c1ccc(Oc2ccc(I)cc2)c([N+](=O)[O-])c1. The lowest BCUT2D eigenvalue weighted by molar-refractivity contribution is -0.385. The van der Waals surface area contributed by atoms with Gasteiger partial charge in [-0.2, -0.15) is 0 Å². The highest BCUT2D eigenvalue weighted by Crippen LogP contribution is 2.32. The van der Waals surface area contributed by atoms with Gasteiger partial charge in [0, 0.05) is 15.2 Å². The van der Waals surface area contributed by atoms with E-state index in [9.17, 15) is 14.9 Å². The Morgan fingerprint density at radius 2 is 1.85 bits per heavy atom. The van der Waals surface area contributed by atoms with E-state index in [0.717, 1.165) is 9.64 Å². The average molecular weight is 384 g/mol. The van der Waals surface area contributed by atoms with E-state index in [1.54, 1.807) is 12.1 Å². The van der Waals surface area contributed by atoms with Crippen molar-refractivity contribution < 1.29 is 14.5 Å². The van der Waals surface area contributed by atoms with Gasteiger partial charge in [0.25, 0.3) is 0 Å². The first-order chi connectivity index (χ1) is 9.47. The Hall–Kier alpha value is -2.16. The molecule has 0 aliphatic heterocycles. The molecule has 0 bridgehead atoms. The molecule has 0 aliphatic carbocycles. The van der Waals surface area contributed by atoms with Gasteiger partial charge in [0.05, 0.1) is 4.92 Å². The van der Waals surface area contributed by atoms with E-state index in [-0.39, 0.29) is 17.0 Å². The van der Waals surface area contributed by atoms with Gasteiger partial charge in [0.2, 0.25) is 11.7 Å². The van der Waals surface area contributed by atoms with Crippen LogP contribution in [0.3, 0.4) is 0 Å². The van der Waals surface area contributed by atoms with Crippen molar-refractivity contribution in [2.45, 2.75) is 0 Å². The Morgan fingerprint density at radius 3 is 2.40 bits per heavy atom. The molecule has 0 atom stereocenters. The minimum absolute atomic E-state index is 0.0567. The molecule has 0 unspecified atom stereocenters. The van der Waals surface area contributed by atoms with Crippen molar-refractivity contribution in [3.8, 4) is 11.5 Å². The fourth-order valence-corrected chi connectivity index (χ4v) is 1.89. The Bertz CT molecular complexity index is 671. The van der Waals surface area contributed by atoms with Crippen molar-refractivity contribution in [2.75, 3.05) is 0 Å². The van der Waals surface area contributed by atoms with Crippen LogP contribution in [0, 0.1) is 13.7 Å². The minimum Gasteiger partial charge on any atom is -0.450 e. The molecule has 6 nitrogen and oxygen atoms in total. The number of primary amides is 1. The topological polar surface area (TPSA) is 95.5 Å². The van der Waals surface area contributed by atoms with Crippen LogP contribution in [0.2, 0.25) is 0 Å². The van der Waals surface area contributed by atoms with Crippen molar-refractivity contribution >= 4 is 34.2 Å². The molecular weight excluding hydrogens is 375 g/mol. The number of benzene rings is 2. The number of nitrogens with zero attached hydrogens (tertiary/aromatic N) is 1. The highest BCUT2D eigenvalue weighted by molar-refractivity contribution is 14.1. The van der Waals surface area contributed by atoms with Gasteiger partial charge in [-0.1, -0.05) is 0 Å². The lowest BCUT2D eigenvalue weighted by Gasteiger charge is -2.07. The van der Waals surface area contributed by atoms with Crippen molar-refractivity contribution in [3.63, 3.8) is 0 Å². The van der Waals surface area contributed by atoms with E-state index in [2.05, 4.69) is 22.6 Å². The molecule has 0 spiro atoms. The number of rotatable bonds is 4. The van der Waals surface area contributed by atoms with Gasteiger partial charge >= 0.3 is 5.69 Å². The maximum absolute atomic E-state index is 11.0. The first-order valence-electron chi connectivity index (χ1n) is 5.49. The number of nitro benzene ring substituents is 1. The van der Waals surface area contributed by atoms with Crippen LogP contribution in [0.25, 0.3) is 0 Å². The summed E-state index contributed by atoms with van der Waals surface area (Å²) in [6.07, 6.45) is 0. The molecule has 7 heteroatoms. The maximum Gasteiger partial charge on any atom is 0.312 e. The summed E-state index contributed by atoms with van der Waals surface area (Å²) in [5, 5.41) is 11.0. The molecule has 1 amide bonds. The number of nitro groups is 1. The number of hydrogen-bond donors (Lipinski definition) is 1. The Labute approximate surface area is 127 Å². The first kappa shape index (κ1) is 14.3. The van der Waals surface area contributed by atoms with Crippen molar-refractivity contribution in [2.24, 2.45) is 5.73 Å². The zero-order chi connectivity index (χ0) is 14.7. The highest BCUT2D eigenvalue weighted by atomic mass is 127. The number of nitrogens with two attached hydrogens (primary N) is 1. The van der Waals surface area contributed by atoms with Gasteiger partial charge in [-0.25, -0.2) is 0 Å². The standard InChI is InChI=1S/C13H9IN2O4/c14-9-2-4-10(5-3-9)20-12-6-1-8(13(15)17)7-11(12)16(18)19/h1-7H,(H2,15,17). The molecule has 0 saturated carbocycles. The van der Waals surface area contributed by atoms with E-state index in [1.165, 1.54) is 12.1 Å². The molecular formula is C13H9IN2O4. The van der Waals surface area contributed by atoms with Gasteiger partial charge in [0.15, 0.2) is 0 Å². The summed E-state index contributed by atoms with van der Waals surface area (Å²) in [6, 6.07) is 10.9. The summed E-state index contributed by atoms with van der Waals surface area (Å²) in [5.41, 5.74) is 4.85. The molecule has 0 heterocycles. The predicted molar refractivity (Wildman–Crippen MR) is 80.8 cm³/mol. The smallest absolute Gasteiger partial charge is 0.312 e. The fourth-order valence-electron chi connectivity index (χ4n) is 1.53.